The predicted molar refractivity (Wildman–Crippen MR) is 89.8 cm³/mol. The zero-order chi connectivity index (χ0) is 17.7. The molecule has 1 N–H and O–H groups in total. The number of hydrogen-bond donors (Lipinski definition) is 1. The fraction of sp³-hybridized carbons (Fsp3) is 0.333. The molecular weight excluding hydrogens is 336 g/mol. The molecule has 0 unspecified atom stereocenters. The highest BCUT2D eigenvalue weighted by Crippen LogP contribution is 2.51. The van der Waals surface area contributed by atoms with Gasteiger partial charge >= 0.3 is 12.0 Å². The van der Waals surface area contributed by atoms with Gasteiger partial charge in [0.25, 0.3) is 0 Å². The lowest BCUT2D eigenvalue weighted by Gasteiger charge is -2.38. The maximum atomic E-state index is 11.7. The van der Waals surface area contributed by atoms with Crippen molar-refractivity contribution in [3.63, 3.8) is 0 Å². The molecule has 3 heterocycles. The summed E-state index contributed by atoms with van der Waals surface area (Å²) in [5.41, 5.74) is 2.72. The highest BCUT2D eigenvalue weighted by molar-refractivity contribution is 6.12. The van der Waals surface area contributed by atoms with Gasteiger partial charge in [0.05, 0.1) is 30.3 Å². The van der Waals surface area contributed by atoms with Crippen LogP contribution in [0.3, 0.4) is 0 Å². The fourth-order valence-corrected chi connectivity index (χ4v) is 3.63. The molecule has 132 valence electrons. The molecule has 2 aliphatic heterocycles. The molecule has 1 saturated carbocycles. The van der Waals surface area contributed by atoms with E-state index in [0.29, 0.717) is 18.0 Å². The van der Waals surface area contributed by atoms with Crippen LogP contribution in [0.5, 0.6) is 11.8 Å². The molecule has 3 aliphatic rings. The van der Waals surface area contributed by atoms with Crippen molar-refractivity contribution in [2.24, 2.45) is 0 Å². The number of aromatic nitrogens is 2. The number of hydrogen-bond acceptors (Lipinski definition) is 6. The van der Waals surface area contributed by atoms with Gasteiger partial charge in [-0.1, -0.05) is 6.07 Å². The number of fused-ring (bicyclic) bond motifs is 2. The summed E-state index contributed by atoms with van der Waals surface area (Å²) in [7, 11) is 0. The first kappa shape index (κ1) is 15.3. The van der Waals surface area contributed by atoms with E-state index in [0.717, 1.165) is 12.8 Å². The number of rotatable bonds is 3. The average Bonchev–Trinajstić information content (AvgIpc) is 3.15. The maximum absolute atomic E-state index is 11.7. The number of nitrogens with one attached hydrogen (secondary N) is 1. The number of urea groups is 1. The molecule has 8 heteroatoms. The molecule has 5 rings (SSSR count). The van der Waals surface area contributed by atoms with Crippen LogP contribution in [0.25, 0.3) is 0 Å². The first-order valence-corrected chi connectivity index (χ1v) is 8.52. The lowest BCUT2D eigenvalue weighted by molar-refractivity contribution is -0.117. The Morgan fingerprint density at radius 1 is 1.19 bits per heavy atom. The summed E-state index contributed by atoms with van der Waals surface area (Å²) in [5, 5.41) is 2.21. The number of ether oxygens (including phenoxy) is 2. The van der Waals surface area contributed by atoms with Crippen LogP contribution in [0.1, 0.15) is 30.4 Å². The minimum Gasteiger partial charge on any atom is -0.424 e. The van der Waals surface area contributed by atoms with Gasteiger partial charge in [0, 0.05) is 0 Å². The summed E-state index contributed by atoms with van der Waals surface area (Å²) in [4.78, 5) is 32.5. The Morgan fingerprint density at radius 3 is 2.65 bits per heavy atom. The predicted octanol–water partition coefficient (Wildman–Crippen LogP) is 2.23. The maximum Gasteiger partial charge on any atom is 0.329 e. The third kappa shape index (κ3) is 2.33. The molecule has 8 nitrogen and oxygen atoms in total. The van der Waals surface area contributed by atoms with E-state index in [1.54, 1.807) is 0 Å². The van der Waals surface area contributed by atoms with Crippen LogP contribution in [-0.4, -0.2) is 28.5 Å². The number of carbonyl (C=O) groups excluding carboxylic acids is 2. The van der Waals surface area contributed by atoms with Crippen molar-refractivity contribution < 1.29 is 19.1 Å². The Labute approximate surface area is 149 Å². The summed E-state index contributed by atoms with van der Waals surface area (Å²) in [5.74, 6) is 0.308. The SMILES string of the molecule is O=C1CN(c2cnc(Oc3ccc4c(c3)C3(CCC3)OC4)nc2)C(=O)N1. The molecule has 1 aromatic heterocycles. The number of benzene rings is 1. The largest absolute Gasteiger partial charge is 0.424 e. The molecule has 1 aliphatic carbocycles. The lowest BCUT2D eigenvalue weighted by atomic mass is 9.75. The molecule has 26 heavy (non-hydrogen) atoms. The average molecular weight is 352 g/mol. The van der Waals surface area contributed by atoms with E-state index in [2.05, 4.69) is 15.3 Å². The van der Waals surface area contributed by atoms with E-state index in [4.69, 9.17) is 9.47 Å². The summed E-state index contributed by atoms with van der Waals surface area (Å²) in [6.45, 7) is 0.618. The summed E-state index contributed by atoms with van der Waals surface area (Å²) < 4.78 is 11.8. The smallest absolute Gasteiger partial charge is 0.329 e. The van der Waals surface area contributed by atoms with Crippen LogP contribution in [-0.2, 0) is 21.7 Å². The molecule has 2 fully saturated rings. The van der Waals surface area contributed by atoms with E-state index >= 15 is 0 Å². The van der Waals surface area contributed by atoms with Crippen LogP contribution in [0, 0.1) is 0 Å². The molecule has 0 radical (unpaired) electrons. The van der Waals surface area contributed by atoms with Crippen molar-refractivity contribution in [3.05, 3.63) is 41.7 Å². The number of anilines is 1. The Balaban J connectivity index is 1.35. The van der Waals surface area contributed by atoms with Gasteiger partial charge in [-0.25, -0.2) is 14.8 Å². The van der Waals surface area contributed by atoms with Crippen LogP contribution in [0.15, 0.2) is 30.6 Å². The van der Waals surface area contributed by atoms with Crippen molar-refractivity contribution in [1.29, 1.82) is 0 Å². The standard InChI is InChI=1S/C18H16N4O4/c23-15-9-22(17(24)21-15)12-7-19-16(20-8-12)26-13-3-2-11-10-25-18(4-1-5-18)14(11)6-13/h2-3,6-8H,1,4-5,9-10H2,(H,21,23,24). The van der Waals surface area contributed by atoms with Crippen molar-refractivity contribution in [1.82, 2.24) is 15.3 Å². The highest BCUT2D eigenvalue weighted by Gasteiger charge is 2.45. The monoisotopic (exact) mass is 352 g/mol. The van der Waals surface area contributed by atoms with Crippen LogP contribution in [0.2, 0.25) is 0 Å². The van der Waals surface area contributed by atoms with E-state index in [9.17, 15) is 9.59 Å². The van der Waals surface area contributed by atoms with E-state index < -0.39 is 6.03 Å². The van der Waals surface area contributed by atoms with Gasteiger partial charge in [-0.05, 0) is 42.5 Å². The Kier molecular flexibility index (Phi) is 3.23. The van der Waals surface area contributed by atoms with Crippen LogP contribution in [0.4, 0.5) is 10.5 Å². The molecule has 1 saturated heterocycles. The molecule has 3 amide bonds. The van der Waals surface area contributed by atoms with Crippen molar-refractivity contribution in [2.75, 3.05) is 11.4 Å². The second-order valence-electron chi connectivity index (χ2n) is 6.72. The van der Waals surface area contributed by atoms with E-state index in [1.165, 1.54) is 34.8 Å². The third-order valence-electron chi connectivity index (χ3n) is 5.17. The fourth-order valence-electron chi connectivity index (χ4n) is 3.63. The molecule has 1 spiro atoms. The molecule has 2 aromatic rings. The van der Waals surface area contributed by atoms with E-state index in [-0.39, 0.29) is 24.1 Å². The van der Waals surface area contributed by atoms with Gasteiger partial charge in [0.15, 0.2) is 0 Å². The minimum absolute atomic E-state index is 0.0324. The van der Waals surface area contributed by atoms with Gasteiger partial charge in [-0.3, -0.25) is 15.0 Å². The zero-order valence-corrected chi connectivity index (χ0v) is 13.9. The number of nitrogens with zero attached hydrogens (tertiary/aromatic N) is 3. The van der Waals surface area contributed by atoms with Crippen LogP contribution >= 0.6 is 0 Å². The van der Waals surface area contributed by atoms with E-state index in [1.807, 2.05) is 18.2 Å². The van der Waals surface area contributed by atoms with Gasteiger partial charge in [0.1, 0.15) is 12.3 Å². The number of imide groups is 1. The van der Waals surface area contributed by atoms with Crippen molar-refractivity contribution in [3.8, 4) is 11.8 Å². The third-order valence-corrected chi connectivity index (χ3v) is 5.17. The summed E-state index contributed by atoms with van der Waals surface area (Å²) >= 11 is 0. The number of carbonyl (C=O) groups is 2. The molecule has 1 aromatic carbocycles. The van der Waals surface area contributed by atoms with Gasteiger partial charge in [0.2, 0.25) is 5.91 Å². The topological polar surface area (TPSA) is 93.7 Å². The Hall–Kier alpha value is -3.00. The van der Waals surface area contributed by atoms with Crippen LogP contribution < -0.4 is 15.0 Å². The Morgan fingerprint density at radius 2 is 2.00 bits per heavy atom. The second-order valence-corrected chi connectivity index (χ2v) is 6.72. The van der Waals surface area contributed by atoms with Gasteiger partial charge < -0.3 is 9.47 Å². The van der Waals surface area contributed by atoms with Crippen molar-refractivity contribution in [2.45, 2.75) is 31.5 Å². The Bertz CT molecular complexity index is 908. The first-order valence-electron chi connectivity index (χ1n) is 8.52. The highest BCUT2D eigenvalue weighted by atomic mass is 16.5. The molecule has 0 bridgehead atoms. The zero-order valence-electron chi connectivity index (χ0n) is 13.9. The van der Waals surface area contributed by atoms with Crippen molar-refractivity contribution >= 4 is 17.6 Å². The normalized spacial score (nSPS) is 20.1. The number of amides is 3. The quantitative estimate of drug-likeness (QED) is 0.852. The summed E-state index contributed by atoms with van der Waals surface area (Å²) in [6, 6.07) is 5.61. The molecule has 0 atom stereocenters. The van der Waals surface area contributed by atoms with Gasteiger partial charge in [-0.2, -0.15) is 0 Å². The summed E-state index contributed by atoms with van der Waals surface area (Å²) in [6.07, 6.45) is 6.20. The second kappa shape index (κ2) is 5.50. The molecular formula is C18H16N4O4. The van der Waals surface area contributed by atoms with Gasteiger partial charge in [-0.15, -0.1) is 0 Å². The first-order chi connectivity index (χ1) is 12.6. The lowest BCUT2D eigenvalue weighted by Crippen LogP contribution is -2.33. The minimum atomic E-state index is -0.475.